The molecule has 0 N–H and O–H groups in total. The zero-order chi connectivity index (χ0) is 12.4. The Balaban J connectivity index is 1.89. The fourth-order valence-electron chi connectivity index (χ4n) is 2.07. The molecular weight excluding hydrogens is 312 g/mol. The fourth-order valence-corrected chi connectivity index (χ4v) is 3.40. The Morgan fingerprint density at radius 1 is 1.22 bits per heavy atom. The van der Waals surface area contributed by atoms with Crippen molar-refractivity contribution in [2.75, 3.05) is 0 Å². The van der Waals surface area contributed by atoms with E-state index in [0.717, 1.165) is 33.4 Å². The average Bonchev–Trinajstić information content (AvgIpc) is 2.62. The van der Waals surface area contributed by atoms with Crippen molar-refractivity contribution in [3.05, 3.63) is 28.6 Å². The van der Waals surface area contributed by atoms with Gasteiger partial charge in [-0.1, -0.05) is 6.42 Å². The maximum absolute atomic E-state index is 4.36. The highest BCUT2D eigenvalue weighted by molar-refractivity contribution is 9.10. The summed E-state index contributed by atoms with van der Waals surface area (Å²) in [5.41, 5.74) is 0. The molecule has 18 heavy (non-hydrogen) atoms. The molecule has 0 fully saturated rings. The molecule has 94 valence electrons. The predicted molar refractivity (Wildman–Crippen MR) is 73.6 cm³/mol. The van der Waals surface area contributed by atoms with Crippen LogP contribution >= 0.6 is 27.7 Å². The summed E-state index contributed by atoms with van der Waals surface area (Å²) in [7, 11) is 0. The molecule has 6 heteroatoms. The summed E-state index contributed by atoms with van der Waals surface area (Å²) in [5.74, 6) is 1.11. The van der Waals surface area contributed by atoms with Crippen molar-refractivity contribution in [1.29, 1.82) is 0 Å². The van der Waals surface area contributed by atoms with Crippen LogP contribution in [0.15, 0.2) is 33.0 Å². The third-order valence-electron chi connectivity index (χ3n) is 2.99. The lowest BCUT2D eigenvalue weighted by molar-refractivity contribution is 0.590. The molecule has 2 aromatic rings. The summed E-state index contributed by atoms with van der Waals surface area (Å²) in [6.07, 6.45) is 6.54. The first-order chi connectivity index (χ1) is 8.84. The number of nitrogens with zero attached hydrogens (tertiary/aromatic N) is 4. The van der Waals surface area contributed by atoms with Crippen LogP contribution in [-0.4, -0.2) is 19.7 Å². The first-order valence-corrected chi connectivity index (χ1v) is 7.66. The van der Waals surface area contributed by atoms with Crippen molar-refractivity contribution < 1.29 is 0 Å². The van der Waals surface area contributed by atoms with Crippen molar-refractivity contribution >= 4 is 27.7 Å². The Morgan fingerprint density at radius 3 is 3.06 bits per heavy atom. The number of hydrogen-bond donors (Lipinski definition) is 0. The van der Waals surface area contributed by atoms with Crippen molar-refractivity contribution in [2.24, 2.45) is 0 Å². The molecular formula is C12H13BrN4S. The molecule has 0 bridgehead atoms. The van der Waals surface area contributed by atoms with Crippen LogP contribution in [0.4, 0.5) is 0 Å². The lowest BCUT2D eigenvalue weighted by Crippen LogP contribution is -2.02. The number of aryl methyl sites for hydroxylation is 1. The molecule has 0 atom stereocenters. The standard InChI is InChI=1S/C12H13BrN4S/c13-9-5-4-7-14-11(9)18-12-16-15-10-6-2-1-3-8-17(10)12/h4-5,7H,1-3,6,8H2. The van der Waals surface area contributed by atoms with E-state index in [1.54, 1.807) is 18.0 Å². The molecule has 0 unspecified atom stereocenters. The van der Waals surface area contributed by atoms with Gasteiger partial charge in [0.15, 0.2) is 5.16 Å². The van der Waals surface area contributed by atoms with Gasteiger partial charge in [0.05, 0.1) is 4.47 Å². The molecule has 0 amide bonds. The average molecular weight is 325 g/mol. The van der Waals surface area contributed by atoms with E-state index in [1.807, 2.05) is 12.1 Å². The van der Waals surface area contributed by atoms with Gasteiger partial charge in [0, 0.05) is 19.2 Å². The van der Waals surface area contributed by atoms with Gasteiger partial charge in [0.1, 0.15) is 10.9 Å². The number of hydrogen-bond acceptors (Lipinski definition) is 4. The van der Waals surface area contributed by atoms with Crippen molar-refractivity contribution in [3.8, 4) is 0 Å². The van der Waals surface area contributed by atoms with Crippen LogP contribution in [0.1, 0.15) is 25.1 Å². The maximum Gasteiger partial charge on any atom is 0.197 e. The van der Waals surface area contributed by atoms with Gasteiger partial charge < -0.3 is 4.57 Å². The van der Waals surface area contributed by atoms with E-state index in [9.17, 15) is 0 Å². The second-order valence-corrected chi connectivity index (χ2v) is 6.06. The number of halogens is 1. The first kappa shape index (κ1) is 12.2. The monoisotopic (exact) mass is 324 g/mol. The summed E-state index contributed by atoms with van der Waals surface area (Å²) in [6, 6.07) is 3.91. The molecule has 1 aliphatic heterocycles. The highest BCUT2D eigenvalue weighted by Gasteiger charge is 2.16. The van der Waals surface area contributed by atoms with Crippen molar-refractivity contribution in [1.82, 2.24) is 19.7 Å². The van der Waals surface area contributed by atoms with Gasteiger partial charge in [-0.05, 0) is 52.7 Å². The van der Waals surface area contributed by atoms with E-state index < -0.39 is 0 Å². The third-order valence-corrected chi connectivity index (χ3v) is 4.89. The normalized spacial score (nSPS) is 15.2. The van der Waals surface area contributed by atoms with E-state index in [0.29, 0.717) is 0 Å². The van der Waals surface area contributed by atoms with Gasteiger partial charge in [-0.3, -0.25) is 0 Å². The minimum atomic E-state index is 0.942. The van der Waals surface area contributed by atoms with Crippen LogP contribution in [0.2, 0.25) is 0 Å². The summed E-state index contributed by atoms with van der Waals surface area (Å²) < 4.78 is 3.24. The highest BCUT2D eigenvalue weighted by Crippen LogP contribution is 2.31. The molecule has 0 radical (unpaired) electrons. The quantitative estimate of drug-likeness (QED) is 0.850. The fraction of sp³-hybridized carbons (Fsp3) is 0.417. The smallest absolute Gasteiger partial charge is 0.197 e. The predicted octanol–water partition coefficient (Wildman–Crippen LogP) is 3.31. The Bertz CT molecular complexity index is 555. The first-order valence-electron chi connectivity index (χ1n) is 6.05. The van der Waals surface area contributed by atoms with E-state index in [2.05, 4.69) is 35.7 Å². The molecule has 2 aromatic heterocycles. The molecule has 0 saturated carbocycles. The lowest BCUT2D eigenvalue weighted by Gasteiger charge is -2.06. The number of rotatable bonds is 2. The Hall–Kier alpha value is -0.880. The highest BCUT2D eigenvalue weighted by atomic mass is 79.9. The van der Waals surface area contributed by atoms with E-state index >= 15 is 0 Å². The van der Waals surface area contributed by atoms with Crippen LogP contribution in [0, 0.1) is 0 Å². The lowest BCUT2D eigenvalue weighted by atomic mass is 10.2. The summed E-state index contributed by atoms with van der Waals surface area (Å²) in [4.78, 5) is 4.36. The van der Waals surface area contributed by atoms with Crippen molar-refractivity contribution in [3.63, 3.8) is 0 Å². The molecule has 3 heterocycles. The Labute approximate surface area is 118 Å². The van der Waals surface area contributed by atoms with Gasteiger partial charge in [0.2, 0.25) is 0 Å². The minimum Gasteiger partial charge on any atom is -0.306 e. The van der Waals surface area contributed by atoms with Crippen LogP contribution in [0.25, 0.3) is 0 Å². The van der Waals surface area contributed by atoms with E-state index in [4.69, 9.17) is 0 Å². The van der Waals surface area contributed by atoms with Gasteiger partial charge in [-0.25, -0.2) is 4.98 Å². The van der Waals surface area contributed by atoms with E-state index in [1.165, 1.54) is 19.3 Å². The zero-order valence-corrected chi connectivity index (χ0v) is 12.2. The Kier molecular flexibility index (Phi) is 3.65. The topological polar surface area (TPSA) is 43.6 Å². The SMILES string of the molecule is Brc1cccnc1Sc1nnc2n1CCCCC2. The van der Waals surface area contributed by atoms with Gasteiger partial charge in [-0.15, -0.1) is 10.2 Å². The molecule has 1 aliphatic rings. The summed E-state index contributed by atoms with van der Waals surface area (Å²) in [5, 5.41) is 10.5. The minimum absolute atomic E-state index is 0.942. The number of pyridine rings is 1. The summed E-state index contributed by atoms with van der Waals surface area (Å²) >= 11 is 5.09. The van der Waals surface area contributed by atoms with Gasteiger partial charge in [-0.2, -0.15) is 0 Å². The summed E-state index contributed by atoms with van der Waals surface area (Å²) in [6.45, 7) is 1.02. The second-order valence-electron chi connectivity index (χ2n) is 4.25. The molecule has 0 aliphatic carbocycles. The van der Waals surface area contributed by atoms with Gasteiger partial charge in [0.25, 0.3) is 0 Å². The molecule has 4 nitrogen and oxygen atoms in total. The largest absolute Gasteiger partial charge is 0.306 e. The van der Waals surface area contributed by atoms with E-state index in [-0.39, 0.29) is 0 Å². The van der Waals surface area contributed by atoms with Crippen molar-refractivity contribution in [2.45, 2.75) is 42.4 Å². The van der Waals surface area contributed by atoms with Crippen LogP contribution in [0.3, 0.4) is 0 Å². The second kappa shape index (κ2) is 5.40. The number of aromatic nitrogens is 4. The zero-order valence-electron chi connectivity index (χ0n) is 9.84. The van der Waals surface area contributed by atoms with Crippen LogP contribution in [-0.2, 0) is 13.0 Å². The number of fused-ring (bicyclic) bond motifs is 1. The molecule has 0 spiro atoms. The maximum atomic E-state index is 4.36. The van der Waals surface area contributed by atoms with Gasteiger partial charge >= 0.3 is 0 Å². The third kappa shape index (κ3) is 2.44. The molecule has 3 rings (SSSR count). The van der Waals surface area contributed by atoms with Crippen LogP contribution < -0.4 is 0 Å². The Morgan fingerprint density at radius 2 is 2.17 bits per heavy atom. The molecule has 0 aromatic carbocycles. The van der Waals surface area contributed by atoms with Crippen LogP contribution in [0.5, 0.6) is 0 Å². The molecule has 0 saturated heterocycles.